The van der Waals surface area contributed by atoms with Crippen molar-refractivity contribution < 1.29 is 23.4 Å². The lowest BCUT2D eigenvalue weighted by Crippen LogP contribution is -2.43. The summed E-state index contributed by atoms with van der Waals surface area (Å²) < 4.78 is 44.1. The number of hydrogen-bond donors (Lipinski definition) is 1. The Hall–Kier alpha value is -3.26. The van der Waals surface area contributed by atoms with Crippen molar-refractivity contribution in [3.05, 3.63) is 89.0 Å². The van der Waals surface area contributed by atoms with Gasteiger partial charge in [0, 0.05) is 22.9 Å². The Morgan fingerprint density at radius 2 is 1.68 bits per heavy atom. The standard InChI is InChI=1S/C34H37F2NO3Si/c1-41(2,3)34-30(35)20-28-27-13-9-23-19-24(38)10-14-26(23)31(27)33(40-21-29(28)32(34)36)22-7-11-25(12-8-22)39-18-17-37-15-5-4-6-16-37/h7-14,19-20,33,38H,4-6,15-18,21H2,1-3H3. The minimum Gasteiger partial charge on any atom is -0.508 e. The number of nitrogens with zero attached hydrogens (tertiary/aromatic N) is 1. The molecule has 6 rings (SSSR count). The number of rotatable bonds is 6. The maximum atomic E-state index is 16.0. The molecule has 4 aromatic rings. The number of piperidine rings is 1. The lowest BCUT2D eigenvalue weighted by Gasteiger charge is -2.26. The van der Waals surface area contributed by atoms with Crippen molar-refractivity contribution in [2.24, 2.45) is 0 Å². The summed E-state index contributed by atoms with van der Waals surface area (Å²) in [6.45, 7) is 9.70. The summed E-state index contributed by atoms with van der Waals surface area (Å²) in [4.78, 5) is 2.45. The van der Waals surface area contributed by atoms with E-state index in [4.69, 9.17) is 9.47 Å². The van der Waals surface area contributed by atoms with Gasteiger partial charge in [0.25, 0.3) is 0 Å². The maximum Gasteiger partial charge on any atom is 0.131 e. The van der Waals surface area contributed by atoms with Crippen molar-refractivity contribution >= 4 is 24.0 Å². The van der Waals surface area contributed by atoms with E-state index in [1.165, 1.54) is 25.3 Å². The van der Waals surface area contributed by atoms with Gasteiger partial charge in [-0.05, 0) is 83.7 Å². The molecule has 2 aliphatic rings. The SMILES string of the molecule is C[Si](C)(C)c1c(F)cc2c(c1F)COC(c1ccc(OCCN3CCCCC3)cc1)c1c-2ccc2cc(O)ccc12. The molecule has 0 bridgehead atoms. The average Bonchev–Trinajstić information content (AvgIpc) is 3.10. The van der Waals surface area contributed by atoms with Crippen LogP contribution in [0.3, 0.4) is 0 Å². The molecule has 1 atom stereocenters. The Balaban J connectivity index is 1.39. The van der Waals surface area contributed by atoms with Crippen LogP contribution in [0.2, 0.25) is 19.6 Å². The first-order valence-corrected chi connectivity index (χ1v) is 18.0. The third-order valence-corrected chi connectivity index (χ3v) is 10.3. The number of halogens is 2. The number of phenolic OH excluding ortho intramolecular Hbond substituents is 1. The van der Waals surface area contributed by atoms with Crippen LogP contribution in [0.15, 0.2) is 60.7 Å². The van der Waals surface area contributed by atoms with Crippen molar-refractivity contribution in [1.29, 1.82) is 0 Å². The molecule has 0 amide bonds. The molecule has 0 aromatic heterocycles. The fourth-order valence-electron chi connectivity index (χ4n) is 6.31. The number of phenols is 1. The van der Waals surface area contributed by atoms with Gasteiger partial charge >= 0.3 is 0 Å². The van der Waals surface area contributed by atoms with Gasteiger partial charge in [0.2, 0.25) is 0 Å². The first kappa shape index (κ1) is 27.9. The normalized spacial score (nSPS) is 17.6. The predicted octanol–water partition coefficient (Wildman–Crippen LogP) is 7.52. The highest BCUT2D eigenvalue weighted by atomic mass is 28.3. The van der Waals surface area contributed by atoms with E-state index in [0.717, 1.165) is 52.8 Å². The summed E-state index contributed by atoms with van der Waals surface area (Å²) >= 11 is 0. The molecule has 4 nitrogen and oxygen atoms in total. The minimum atomic E-state index is -2.30. The van der Waals surface area contributed by atoms with Crippen LogP contribution in [0, 0.1) is 11.6 Å². The van der Waals surface area contributed by atoms with E-state index >= 15 is 8.78 Å². The Morgan fingerprint density at radius 3 is 2.41 bits per heavy atom. The second-order valence-corrected chi connectivity index (χ2v) is 17.3. The van der Waals surface area contributed by atoms with E-state index in [9.17, 15) is 5.11 Å². The Kier molecular flexibility index (Phi) is 7.61. The van der Waals surface area contributed by atoms with E-state index < -0.39 is 25.8 Å². The van der Waals surface area contributed by atoms with Crippen LogP contribution < -0.4 is 9.92 Å². The summed E-state index contributed by atoms with van der Waals surface area (Å²) in [5.41, 5.74) is 3.38. The Morgan fingerprint density at radius 1 is 0.927 bits per heavy atom. The van der Waals surface area contributed by atoms with Gasteiger partial charge in [-0.1, -0.05) is 56.4 Å². The first-order valence-electron chi connectivity index (χ1n) is 14.5. The topological polar surface area (TPSA) is 41.9 Å². The third kappa shape index (κ3) is 5.50. The number of fused-ring (bicyclic) bond motifs is 5. The molecular formula is C34H37F2NO3Si. The van der Waals surface area contributed by atoms with Gasteiger partial charge in [-0.2, -0.15) is 0 Å². The first-order chi connectivity index (χ1) is 19.7. The second-order valence-electron chi connectivity index (χ2n) is 12.3. The number of ether oxygens (including phenoxy) is 2. The molecule has 0 saturated carbocycles. The molecule has 2 heterocycles. The molecule has 214 valence electrons. The molecular weight excluding hydrogens is 536 g/mol. The van der Waals surface area contributed by atoms with Crippen molar-refractivity contribution in [3.8, 4) is 22.6 Å². The summed E-state index contributed by atoms with van der Waals surface area (Å²) in [5.74, 6) is -0.0406. The van der Waals surface area contributed by atoms with Gasteiger partial charge in [0.1, 0.15) is 35.8 Å². The molecule has 0 spiro atoms. The fourth-order valence-corrected chi connectivity index (χ4v) is 7.91. The quantitative estimate of drug-likeness (QED) is 0.242. The van der Waals surface area contributed by atoms with Gasteiger partial charge in [0.15, 0.2) is 0 Å². The lowest BCUT2D eigenvalue weighted by molar-refractivity contribution is 0.0684. The third-order valence-electron chi connectivity index (χ3n) is 8.37. The van der Waals surface area contributed by atoms with Crippen LogP contribution in [0.5, 0.6) is 11.5 Å². The molecule has 1 saturated heterocycles. The molecule has 1 fully saturated rings. The van der Waals surface area contributed by atoms with Gasteiger partial charge in [-0.25, -0.2) is 8.78 Å². The fraction of sp³-hybridized carbons (Fsp3) is 0.353. The van der Waals surface area contributed by atoms with E-state index in [-0.39, 0.29) is 17.5 Å². The molecule has 2 aliphatic heterocycles. The van der Waals surface area contributed by atoms with Crippen molar-refractivity contribution in [1.82, 2.24) is 4.90 Å². The van der Waals surface area contributed by atoms with Crippen LogP contribution in [0.25, 0.3) is 21.9 Å². The highest BCUT2D eigenvalue weighted by Crippen LogP contribution is 2.45. The van der Waals surface area contributed by atoms with Crippen LogP contribution in [0.4, 0.5) is 8.78 Å². The van der Waals surface area contributed by atoms with Gasteiger partial charge < -0.3 is 14.6 Å². The van der Waals surface area contributed by atoms with Crippen LogP contribution >= 0.6 is 0 Å². The van der Waals surface area contributed by atoms with Crippen LogP contribution in [-0.4, -0.2) is 44.3 Å². The lowest BCUT2D eigenvalue weighted by atomic mass is 9.87. The smallest absolute Gasteiger partial charge is 0.131 e. The van der Waals surface area contributed by atoms with E-state index in [1.807, 2.05) is 62.1 Å². The average molecular weight is 574 g/mol. The van der Waals surface area contributed by atoms with Crippen molar-refractivity contribution in [2.75, 3.05) is 26.2 Å². The van der Waals surface area contributed by atoms with E-state index in [2.05, 4.69) is 4.90 Å². The number of likely N-dealkylation sites (tertiary alicyclic amines) is 1. The van der Waals surface area contributed by atoms with Gasteiger partial charge in [-0.15, -0.1) is 0 Å². The predicted molar refractivity (Wildman–Crippen MR) is 163 cm³/mol. The zero-order chi connectivity index (χ0) is 28.7. The van der Waals surface area contributed by atoms with E-state index in [0.29, 0.717) is 17.7 Å². The molecule has 1 N–H and O–H groups in total. The molecule has 0 radical (unpaired) electrons. The summed E-state index contributed by atoms with van der Waals surface area (Å²) in [6, 6.07) is 18.3. The highest BCUT2D eigenvalue weighted by Gasteiger charge is 2.33. The molecule has 41 heavy (non-hydrogen) atoms. The summed E-state index contributed by atoms with van der Waals surface area (Å²) in [6.07, 6.45) is 3.30. The van der Waals surface area contributed by atoms with Crippen LogP contribution in [0.1, 0.15) is 42.1 Å². The molecule has 1 unspecified atom stereocenters. The molecule has 4 aromatic carbocycles. The number of aromatic hydroxyl groups is 1. The molecule has 7 heteroatoms. The minimum absolute atomic E-state index is 0.0198. The number of hydrogen-bond acceptors (Lipinski definition) is 4. The van der Waals surface area contributed by atoms with Gasteiger partial charge in [0.05, 0.1) is 14.7 Å². The summed E-state index contributed by atoms with van der Waals surface area (Å²) in [5, 5.41) is 12.1. The monoisotopic (exact) mass is 573 g/mol. The largest absolute Gasteiger partial charge is 0.508 e. The highest BCUT2D eigenvalue weighted by molar-refractivity contribution is 6.88. The zero-order valence-electron chi connectivity index (χ0n) is 24.0. The van der Waals surface area contributed by atoms with E-state index in [1.54, 1.807) is 12.1 Å². The van der Waals surface area contributed by atoms with Crippen molar-refractivity contribution in [3.63, 3.8) is 0 Å². The Labute approximate surface area is 241 Å². The second kappa shape index (κ2) is 11.2. The molecule has 0 aliphatic carbocycles. The maximum absolute atomic E-state index is 16.0. The Bertz CT molecular complexity index is 1580. The van der Waals surface area contributed by atoms with Crippen molar-refractivity contribution in [2.45, 2.75) is 51.6 Å². The van der Waals surface area contributed by atoms with Gasteiger partial charge in [-0.3, -0.25) is 4.90 Å². The summed E-state index contributed by atoms with van der Waals surface area (Å²) in [7, 11) is -2.30. The zero-order valence-corrected chi connectivity index (χ0v) is 25.0. The number of benzene rings is 4. The van der Waals surface area contributed by atoms with Crippen LogP contribution in [-0.2, 0) is 11.3 Å².